The van der Waals surface area contributed by atoms with Crippen LogP contribution in [0.1, 0.15) is 34.6 Å². The van der Waals surface area contributed by atoms with Gasteiger partial charge < -0.3 is 9.47 Å². The summed E-state index contributed by atoms with van der Waals surface area (Å²) in [6, 6.07) is 9.98. The van der Waals surface area contributed by atoms with Crippen molar-refractivity contribution in [1.29, 1.82) is 0 Å². The molecule has 0 spiro atoms. The van der Waals surface area contributed by atoms with Gasteiger partial charge in [0.05, 0.1) is 0 Å². The molecule has 2 aromatic rings. The van der Waals surface area contributed by atoms with Crippen molar-refractivity contribution in [3.63, 3.8) is 0 Å². The maximum atomic E-state index is 13.8. The van der Waals surface area contributed by atoms with Crippen LogP contribution in [0.5, 0.6) is 5.75 Å². The summed E-state index contributed by atoms with van der Waals surface area (Å²) >= 11 is 0. The van der Waals surface area contributed by atoms with E-state index >= 15 is 0 Å². The van der Waals surface area contributed by atoms with Gasteiger partial charge in [-0.3, -0.25) is 0 Å². The van der Waals surface area contributed by atoms with Crippen LogP contribution in [-0.4, -0.2) is 17.2 Å². The minimum atomic E-state index is -1.17. The van der Waals surface area contributed by atoms with E-state index in [-0.39, 0.29) is 0 Å². The highest BCUT2D eigenvalue weighted by Gasteiger charge is 2.34. The monoisotopic (exact) mass is 348 g/mol. The predicted octanol–water partition coefficient (Wildman–Crippen LogP) is 5.13. The molecule has 0 aliphatic heterocycles. The zero-order chi connectivity index (χ0) is 18.8. The summed E-state index contributed by atoms with van der Waals surface area (Å²) in [5.41, 5.74) is -0.906. The molecular weight excluding hydrogens is 326 g/mol. The van der Waals surface area contributed by atoms with Crippen LogP contribution in [0.2, 0.25) is 0 Å². The maximum absolute atomic E-state index is 13.8. The summed E-state index contributed by atoms with van der Waals surface area (Å²) in [6.07, 6.45) is 0. The van der Waals surface area contributed by atoms with Crippen LogP contribution in [0, 0.1) is 11.6 Å². The van der Waals surface area contributed by atoms with Gasteiger partial charge >= 0.3 is 5.97 Å². The Morgan fingerprint density at radius 3 is 2.04 bits per heavy atom. The van der Waals surface area contributed by atoms with E-state index in [9.17, 15) is 13.6 Å². The van der Waals surface area contributed by atoms with Gasteiger partial charge in [0.15, 0.2) is 5.60 Å². The normalized spacial score (nSPS) is 12.0. The van der Waals surface area contributed by atoms with E-state index in [1.54, 1.807) is 58.9 Å². The summed E-state index contributed by atoms with van der Waals surface area (Å²) in [4.78, 5) is 12.2. The van der Waals surface area contributed by atoms with Gasteiger partial charge in [0.25, 0.3) is 0 Å². The van der Waals surface area contributed by atoms with E-state index in [4.69, 9.17) is 9.47 Å². The summed E-state index contributed by atoms with van der Waals surface area (Å²) in [5, 5.41) is 0. The molecule has 2 rings (SSSR count). The number of esters is 1. The number of hydrogen-bond donors (Lipinski definition) is 0. The van der Waals surface area contributed by atoms with Gasteiger partial charge in [-0.1, -0.05) is 12.1 Å². The Labute approximate surface area is 146 Å². The Hall–Kier alpha value is -2.43. The Morgan fingerprint density at radius 2 is 1.52 bits per heavy atom. The number of carbonyl (C=O) groups excluding carboxylic acids is 1. The third-order valence-electron chi connectivity index (χ3n) is 3.36. The number of benzene rings is 2. The van der Waals surface area contributed by atoms with Gasteiger partial charge in [-0.15, -0.1) is 0 Å². The molecule has 5 heteroatoms. The molecule has 0 aromatic heterocycles. The SMILES string of the molecule is CC(C)(C)OC(=O)C(C)(C)Oc1ccc(-c2ccc(F)cc2F)cc1. The second kappa shape index (κ2) is 6.82. The third kappa shape index (κ3) is 5.02. The fourth-order valence-electron chi connectivity index (χ4n) is 2.16. The summed E-state index contributed by atoms with van der Waals surface area (Å²) < 4.78 is 37.9. The molecule has 0 bridgehead atoms. The zero-order valence-corrected chi connectivity index (χ0v) is 15.0. The predicted molar refractivity (Wildman–Crippen MR) is 92.3 cm³/mol. The number of ether oxygens (including phenoxy) is 2. The first kappa shape index (κ1) is 18.9. The molecule has 0 atom stereocenters. The molecule has 0 N–H and O–H groups in total. The highest BCUT2D eigenvalue weighted by atomic mass is 19.1. The van der Waals surface area contributed by atoms with Crippen LogP contribution in [0.4, 0.5) is 8.78 Å². The molecule has 0 aliphatic rings. The average molecular weight is 348 g/mol. The van der Waals surface area contributed by atoms with E-state index in [1.165, 1.54) is 12.1 Å². The lowest BCUT2D eigenvalue weighted by Gasteiger charge is -2.29. The van der Waals surface area contributed by atoms with Crippen LogP contribution >= 0.6 is 0 Å². The molecule has 0 amide bonds. The van der Waals surface area contributed by atoms with Crippen molar-refractivity contribution < 1.29 is 23.0 Å². The maximum Gasteiger partial charge on any atom is 0.350 e. The zero-order valence-electron chi connectivity index (χ0n) is 15.0. The number of carbonyl (C=O) groups is 1. The first-order chi connectivity index (χ1) is 11.5. The fourth-order valence-corrected chi connectivity index (χ4v) is 2.16. The molecule has 0 aliphatic carbocycles. The van der Waals surface area contributed by atoms with Crippen molar-refractivity contribution in [2.75, 3.05) is 0 Å². The van der Waals surface area contributed by atoms with Crippen molar-refractivity contribution in [3.05, 3.63) is 54.1 Å². The highest BCUT2D eigenvalue weighted by molar-refractivity contribution is 5.79. The number of rotatable bonds is 4. The summed E-state index contributed by atoms with van der Waals surface area (Å²) in [7, 11) is 0. The Kier molecular flexibility index (Phi) is 5.16. The van der Waals surface area contributed by atoms with Crippen molar-refractivity contribution in [2.45, 2.75) is 45.8 Å². The van der Waals surface area contributed by atoms with E-state index in [1.807, 2.05) is 0 Å². The molecule has 0 radical (unpaired) electrons. The Bertz CT molecular complexity index is 760. The molecule has 0 unspecified atom stereocenters. The second-order valence-corrected chi connectivity index (χ2v) is 7.26. The van der Waals surface area contributed by atoms with E-state index in [0.29, 0.717) is 16.9 Å². The molecule has 3 nitrogen and oxygen atoms in total. The van der Waals surface area contributed by atoms with Crippen molar-refractivity contribution in [2.24, 2.45) is 0 Å². The lowest BCUT2D eigenvalue weighted by Crippen LogP contribution is -2.43. The van der Waals surface area contributed by atoms with E-state index in [2.05, 4.69) is 0 Å². The number of hydrogen-bond acceptors (Lipinski definition) is 3. The molecule has 2 aromatic carbocycles. The molecular formula is C20H22F2O3. The lowest BCUT2D eigenvalue weighted by atomic mass is 10.0. The van der Waals surface area contributed by atoms with Gasteiger partial charge in [0.2, 0.25) is 0 Å². The van der Waals surface area contributed by atoms with Gasteiger partial charge in [-0.2, -0.15) is 0 Å². The quantitative estimate of drug-likeness (QED) is 0.719. The molecule has 25 heavy (non-hydrogen) atoms. The van der Waals surface area contributed by atoms with E-state index in [0.717, 1.165) is 6.07 Å². The first-order valence-electron chi connectivity index (χ1n) is 7.96. The smallest absolute Gasteiger partial charge is 0.350 e. The molecule has 0 fully saturated rings. The van der Waals surface area contributed by atoms with E-state index < -0.39 is 28.8 Å². The Morgan fingerprint density at radius 1 is 0.920 bits per heavy atom. The highest BCUT2D eigenvalue weighted by Crippen LogP contribution is 2.27. The standard InChI is InChI=1S/C20H22F2O3/c1-19(2,3)25-18(23)20(4,5)24-15-9-6-13(7-10-15)16-11-8-14(21)12-17(16)22/h6-12H,1-5H3. The van der Waals surface area contributed by atoms with Gasteiger partial charge in [0.1, 0.15) is 23.0 Å². The number of halogens is 2. The molecule has 0 heterocycles. The van der Waals surface area contributed by atoms with Crippen LogP contribution in [-0.2, 0) is 9.53 Å². The molecule has 134 valence electrons. The largest absolute Gasteiger partial charge is 0.476 e. The van der Waals surface area contributed by atoms with Crippen molar-refractivity contribution in [3.8, 4) is 16.9 Å². The molecule has 0 saturated carbocycles. The topological polar surface area (TPSA) is 35.5 Å². The van der Waals surface area contributed by atoms with Gasteiger partial charge in [-0.25, -0.2) is 13.6 Å². The molecule has 0 saturated heterocycles. The minimum Gasteiger partial charge on any atom is -0.476 e. The lowest BCUT2D eigenvalue weighted by molar-refractivity contribution is -0.170. The van der Waals surface area contributed by atoms with Crippen molar-refractivity contribution >= 4 is 5.97 Å². The fraction of sp³-hybridized carbons (Fsp3) is 0.350. The van der Waals surface area contributed by atoms with Gasteiger partial charge in [0, 0.05) is 11.6 Å². The third-order valence-corrected chi connectivity index (χ3v) is 3.36. The van der Waals surface area contributed by atoms with Crippen molar-refractivity contribution in [1.82, 2.24) is 0 Å². The second-order valence-electron chi connectivity index (χ2n) is 7.26. The average Bonchev–Trinajstić information content (AvgIpc) is 2.46. The summed E-state index contributed by atoms with van der Waals surface area (Å²) in [5.74, 6) is -1.29. The Balaban J connectivity index is 2.16. The minimum absolute atomic E-state index is 0.291. The summed E-state index contributed by atoms with van der Waals surface area (Å²) in [6.45, 7) is 8.59. The van der Waals surface area contributed by atoms with Gasteiger partial charge in [-0.05, 0) is 64.4 Å². The van der Waals surface area contributed by atoms with Crippen LogP contribution in [0.25, 0.3) is 11.1 Å². The van der Waals surface area contributed by atoms with Crippen LogP contribution < -0.4 is 4.74 Å². The first-order valence-corrected chi connectivity index (χ1v) is 7.96. The van der Waals surface area contributed by atoms with Crippen LogP contribution in [0.3, 0.4) is 0 Å². The van der Waals surface area contributed by atoms with Crippen LogP contribution in [0.15, 0.2) is 42.5 Å².